The van der Waals surface area contributed by atoms with Crippen molar-refractivity contribution in [3.63, 3.8) is 0 Å². The van der Waals surface area contributed by atoms with E-state index in [0.29, 0.717) is 13.0 Å². The zero-order valence-corrected chi connectivity index (χ0v) is 11.9. The smallest absolute Gasteiger partial charge is 0.233 e. The summed E-state index contributed by atoms with van der Waals surface area (Å²) in [5, 5.41) is 0.271. The molecule has 0 N–H and O–H groups in total. The van der Waals surface area contributed by atoms with Gasteiger partial charge in [0.1, 0.15) is 0 Å². The zero-order valence-electron chi connectivity index (χ0n) is 9.49. The van der Waals surface area contributed by atoms with E-state index >= 15 is 0 Å². The Morgan fingerprint density at radius 3 is 2.62 bits per heavy atom. The third kappa shape index (κ3) is 3.73. The average molecular weight is 312 g/mol. The second-order valence-corrected chi connectivity index (χ2v) is 6.92. The van der Waals surface area contributed by atoms with Crippen LogP contribution >= 0.6 is 15.9 Å². The number of carbonyl (C=O) groups is 1. The highest BCUT2D eigenvalue weighted by Gasteiger charge is 2.33. The molecule has 6 heteroatoms. The van der Waals surface area contributed by atoms with Gasteiger partial charge in [-0.25, -0.2) is 8.42 Å². The molecule has 4 nitrogen and oxygen atoms in total. The minimum absolute atomic E-state index is 0.00412. The number of nitrogens with zero attached hydrogens (tertiary/aromatic N) is 1. The predicted molar refractivity (Wildman–Crippen MR) is 67.5 cm³/mol. The van der Waals surface area contributed by atoms with Gasteiger partial charge in [0, 0.05) is 12.6 Å². The van der Waals surface area contributed by atoms with E-state index in [1.54, 1.807) is 4.90 Å². The maximum absolute atomic E-state index is 11.7. The maximum atomic E-state index is 11.7. The molecule has 16 heavy (non-hydrogen) atoms. The molecule has 0 aliphatic carbocycles. The van der Waals surface area contributed by atoms with E-state index < -0.39 is 9.84 Å². The van der Waals surface area contributed by atoms with E-state index in [-0.39, 0.29) is 28.8 Å². The first-order chi connectivity index (χ1) is 7.50. The van der Waals surface area contributed by atoms with Crippen LogP contribution in [0.2, 0.25) is 0 Å². The van der Waals surface area contributed by atoms with Crippen molar-refractivity contribution in [3.05, 3.63) is 0 Å². The lowest BCUT2D eigenvalue weighted by atomic mass is 10.2. The second kappa shape index (κ2) is 6.00. The van der Waals surface area contributed by atoms with Crippen molar-refractivity contribution < 1.29 is 13.2 Å². The number of hydrogen-bond acceptors (Lipinski definition) is 3. The summed E-state index contributed by atoms with van der Waals surface area (Å²) < 4.78 is 22.8. The SMILES string of the molecule is CCCCN(C(=O)CBr)C1CCS(=O)(=O)C1. The van der Waals surface area contributed by atoms with E-state index in [1.807, 2.05) is 0 Å². The van der Waals surface area contributed by atoms with E-state index in [4.69, 9.17) is 0 Å². The minimum Gasteiger partial charge on any atom is -0.338 e. The van der Waals surface area contributed by atoms with E-state index in [1.165, 1.54) is 0 Å². The molecule has 0 aromatic rings. The minimum atomic E-state index is -2.92. The molecule has 1 saturated heterocycles. The molecule has 1 aliphatic heterocycles. The normalized spacial score (nSPS) is 23.2. The van der Waals surface area contributed by atoms with E-state index in [9.17, 15) is 13.2 Å². The Morgan fingerprint density at radius 1 is 1.50 bits per heavy atom. The third-order valence-corrected chi connectivity index (χ3v) is 5.07. The Morgan fingerprint density at radius 2 is 2.19 bits per heavy atom. The van der Waals surface area contributed by atoms with Crippen molar-refractivity contribution >= 4 is 31.7 Å². The molecular formula is C10H18BrNO3S. The van der Waals surface area contributed by atoms with Gasteiger partial charge < -0.3 is 4.90 Å². The van der Waals surface area contributed by atoms with Crippen LogP contribution in [0.25, 0.3) is 0 Å². The third-order valence-electron chi connectivity index (χ3n) is 2.84. The lowest BCUT2D eigenvalue weighted by molar-refractivity contribution is -0.130. The molecule has 0 radical (unpaired) electrons. The van der Waals surface area contributed by atoms with Crippen molar-refractivity contribution in [2.75, 3.05) is 23.4 Å². The van der Waals surface area contributed by atoms with Crippen LogP contribution < -0.4 is 0 Å². The van der Waals surface area contributed by atoms with Crippen LogP contribution in [-0.4, -0.2) is 48.6 Å². The quantitative estimate of drug-likeness (QED) is 0.717. The van der Waals surface area contributed by atoms with Gasteiger partial charge in [-0.1, -0.05) is 29.3 Å². The molecule has 1 unspecified atom stereocenters. The van der Waals surface area contributed by atoms with Gasteiger partial charge in [-0.15, -0.1) is 0 Å². The van der Waals surface area contributed by atoms with Crippen LogP contribution in [0.4, 0.5) is 0 Å². The lowest BCUT2D eigenvalue weighted by Crippen LogP contribution is -2.42. The fourth-order valence-corrected chi connectivity index (χ4v) is 3.99. The summed E-state index contributed by atoms with van der Waals surface area (Å²) in [5.41, 5.74) is 0. The van der Waals surface area contributed by atoms with Gasteiger partial charge in [-0.2, -0.15) is 0 Å². The van der Waals surface area contributed by atoms with Gasteiger partial charge in [-0.05, 0) is 12.8 Å². The maximum Gasteiger partial charge on any atom is 0.233 e. The summed E-state index contributed by atoms with van der Waals surface area (Å²) in [7, 11) is -2.92. The van der Waals surface area contributed by atoms with E-state index in [0.717, 1.165) is 12.8 Å². The molecule has 0 spiro atoms. The molecule has 1 heterocycles. The van der Waals surface area contributed by atoms with Gasteiger partial charge in [0.05, 0.1) is 16.8 Å². The first-order valence-corrected chi connectivity index (χ1v) is 8.50. The Balaban J connectivity index is 2.66. The Labute approximate surface area is 105 Å². The molecule has 1 fully saturated rings. The molecule has 0 aromatic carbocycles. The fraction of sp³-hybridized carbons (Fsp3) is 0.900. The Bertz CT molecular complexity index is 342. The zero-order chi connectivity index (χ0) is 12.2. The standard InChI is InChI=1S/C10H18BrNO3S/c1-2-3-5-12(10(13)7-11)9-4-6-16(14,15)8-9/h9H,2-8H2,1H3. The number of amides is 1. The molecule has 1 amide bonds. The summed E-state index contributed by atoms with van der Waals surface area (Å²) in [5.74, 6) is 0.348. The van der Waals surface area contributed by atoms with Gasteiger partial charge in [0.25, 0.3) is 0 Å². The van der Waals surface area contributed by atoms with E-state index in [2.05, 4.69) is 22.9 Å². The molecule has 1 atom stereocenters. The summed E-state index contributed by atoms with van der Waals surface area (Å²) in [6.45, 7) is 2.73. The number of halogens is 1. The fourth-order valence-electron chi connectivity index (χ4n) is 1.94. The van der Waals surface area contributed by atoms with Crippen molar-refractivity contribution in [1.29, 1.82) is 0 Å². The van der Waals surface area contributed by atoms with Crippen LogP contribution in [0.5, 0.6) is 0 Å². The molecule has 0 saturated carbocycles. The van der Waals surface area contributed by atoms with Gasteiger partial charge in [0.2, 0.25) is 5.91 Å². The number of alkyl halides is 1. The first-order valence-electron chi connectivity index (χ1n) is 5.56. The van der Waals surface area contributed by atoms with Crippen LogP contribution in [0, 0.1) is 0 Å². The molecule has 1 aliphatic rings. The second-order valence-electron chi connectivity index (χ2n) is 4.13. The molecule has 0 bridgehead atoms. The van der Waals surface area contributed by atoms with Crippen LogP contribution in [0.1, 0.15) is 26.2 Å². The van der Waals surface area contributed by atoms with Gasteiger partial charge in [0.15, 0.2) is 9.84 Å². The highest BCUT2D eigenvalue weighted by Crippen LogP contribution is 2.19. The highest BCUT2D eigenvalue weighted by molar-refractivity contribution is 9.09. The molecule has 94 valence electrons. The topological polar surface area (TPSA) is 54.5 Å². The lowest BCUT2D eigenvalue weighted by Gasteiger charge is -2.27. The summed E-state index contributed by atoms with van der Waals surface area (Å²) in [4.78, 5) is 13.4. The summed E-state index contributed by atoms with van der Waals surface area (Å²) >= 11 is 3.14. The summed E-state index contributed by atoms with van der Waals surface area (Å²) in [6.07, 6.45) is 2.52. The number of sulfone groups is 1. The predicted octanol–water partition coefficient (Wildman–Crippen LogP) is 1.20. The van der Waals surface area contributed by atoms with Crippen LogP contribution in [0.15, 0.2) is 0 Å². The van der Waals surface area contributed by atoms with Crippen LogP contribution in [0.3, 0.4) is 0 Å². The summed E-state index contributed by atoms with van der Waals surface area (Å²) in [6, 6.07) is -0.110. The van der Waals surface area contributed by atoms with Crippen molar-refractivity contribution in [1.82, 2.24) is 4.90 Å². The van der Waals surface area contributed by atoms with Gasteiger partial charge in [-0.3, -0.25) is 4.79 Å². The van der Waals surface area contributed by atoms with Crippen molar-refractivity contribution in [2.45, 2.75) is 32.2 Å². The molecule has 1 rings (SSSR count). The average Bonchev–Trinajstić information content (AvgIpc) is 2.59. The van der Waals surface area contributed by atoms with Gasteiger partial charge >= 0.3 is 0 Å². The van der Waals surface area contributed by atoms with Crippen LogP contribution in [-0.2, 0) is 14.6 Å². The largest absolute Gasteiger partial charge is 0.338 e. The van der Waals surface area contributed by atoms with Crippen molar-refractivity contribution in [3.8, 4) is 0 Å². The number of hydrogen-bond donors (Lipinski definition) is 0. The molecular weight excluding hydrogens is 294 g/mol. The molecule has 0 aromatic heterocycles. The number of rotatable bonds is 5. The first kappa shape index (κ1) is 14.0. The number of unbranched alkanes of at least 4 members (excludes halogenated alkanes) is 1. The highest BCUT2D eigenvalue weighted by atomic mass is 79.9. The number of carbonyl (C=O) groups excluding carboxylic acids is 1. The Kier molecular flexibility index (Phi) is 5.24. The Hall–Kier alpha value is -0.100. The monoisotopic (exact) mass is 311 g/mol. The van der Waals surface area contributed by atoms with Crippen molar-refractivity contribution in [2.24, 2.45) is 0 Å².